The fourth-order valence-corrected chi connectivity index (χ4v) is 15.4. The Bertz CT molecular complexity index is 2500. The van der Waals surface area contributed by atoms with Crippen LogP contribution in [-0.2, 0) is 55.4 Å². The third-order valence-corrected chi connectivity index (χ3v) is 19.7. The van der Waals surface area contributed by atoms with Gasteiger partial charge in [-0.1, -0.05) is 32.4 Å². The number of cyclic esters (lactones) is 1. The van der Waals surface area contributed by atoms with Gasteiger partial charge < -0.3 is 59.7 Å². The highest BCUT2D eigenvalue weighted by Crippen LogP contribution is 2.70. The van der Waals surface area contributed by atoms with Crippen molar-refractivity contribution in [2.45, 2.75) is 134 Å². The van der Waals surface area contributed by atoms with Crippen LogP contribution in [0, 0.1) is 34.5 Å². The van der Waals surface area contributed by atoms with Crippen LogP contribution < -0.4 is 21.9 Å². The van der Waals surface area contributed by atoms with Gasteiger partial charge in [-0.25, -0.2) is 23.3 Å². The molecule has 5 fully saturated rings. The number of carbonyl (C=O) groups excluding carboxylic acids is 3. The van der Waals surface area contributed by atoms with Crippen LogP contribution in [0.3, 0.4) is 0 Å². The molecule has 71 heavy (non-hydrogen) atoms. The number of fused-ring (bicyclic) bond motifs is 5. The van der Waals surface area contributed by atoms with Crippen LogP contribution in [-0.4, -0.2) is 125 Å². The smallest absolute Gasteiger partial charge is 0.458 e. The first-order valence-corrected chi connectivity index (χ1v) is 28.3. The second-order valence-electron chi connectivity index (χ2n) is 20.0. The zero-order valence-electron chi connectivity index (χ0n) is 39.4. The topological polar surface area (TPSA) is 378 Å². The molecule has 28 heteroatoms. The number of nitrogens with one attached hydrogen (secondary N) is 3. The van der Waals surface area contributed by atoms with Crippen molar-refractivity contribution in [2.75, 3.05) is 32.9 Å². The number of carbonyl (C=O) groups is 3. The summed E-state index contributed by atoms with van der Waals surface area (Å²) in [5, 5.41) is 40.3. The van der Waals surface area contributed by atoms with Crippen molar-refractivity contribution in [3.63, 3.8) is 0 Å². The number of hydrogen-bond acceptors (Lipinski definition) is 17. The van der Waals surface area contributed by atoms with Crippen LogP contribution in [0.4, 0.5) is 0 Å². The highest BCUT2D eigenvalue weighted by molar-refractivity contribution is 7.66. The van der Waals surface area contributed by atoms with E-state index in [4.69, 9.17) is 24.0 Å². The lowest BCUT2D eigenvalue weighted by molar-refractivity contribution is -0.245. The van der Waals surface area contributed by atoms with Crippen LogP contribution in [0.15, 0.2) is 33.5 Å². The summed E-state index contributed by atoms with van der Waals surface area (Å²) >= 11 is 0. The van der Waals surface area contributed by atoms with Crippen molar-refractivity contribution in [1.82, 2.24) is 20.2 Å². The van der Waals surface area contributed by atoms with E-state index >= 15 is 0 Å². The molecule has 6 aliphatic rings. The number of phosphoric ester groups is 1. The maximum absolute atomic E-state index is 12.7. The molecule has 0 spiro atoms. The Morgan fingerprint density at radius 1 is 0.915 bits per heavy atom. The molecule has 2 unspecified atom stereocenters. The van der Waals surface area contributed by atoms with Gasteiger partial charge in [0.1, 0.15) is 25.5 Å². The number of esters is 1. The maximum atomic E-state index is 12.7. The zero-order chi connectivity index (χ0) is 51.7. The van der Waals surface area contributed by atoms with Crippen molar-refractivity contribution < 1.29 is 90.3 Å². The van der Waals surface area contributed by atoms with Crippen LogP contribution in [0.2, 0.25) is 0 Å². The van der Waals surface area contributed by atoms with Crippen molar-refractivity contribution in [3.8, 4) is 0 Å². The van der Waals surface area contributed by atoms with Crippen molar-refractivity contribution in [1.29, 1.82) is 0 Å². The first-order chi connectivity index (χ1) is 33.2. The summed E-state index contributed by atoms with van der Waals surface area (Å²) in [6.07, 6.45) is 8.50. The van der Waals surface area contributed by atoms with Crippen molar-refractivity contribution >= 4 is 47.3 Å². The molecule has 14 atom stereocenters. The summed E-state index contributed by atoms with van der Waals surface area (Å²) in [6.45, 7) is 3.95. The summed E-state index contributed by atoms with van der Waals surface area (Å²) < 4.78 is 64.0. The van der Waals surface area contributed by atoms with Gasteiger partial charge in [0.25, 0.3) is 5.56 Å². The molecule has 1 aromatic heterocycles. The molecule has 0 bridgehead atoms. The molecule has 2 amide bonds. The predicted molar refractivity (Wildman–Crippen MR) is 246 cm³/mol. The minimum atomic E-state index is -5.78. The summed E-state index contributed by atoms with van der Waals surface area (Å²) in [6, 6.07) is 0. The Hall–Kier alpha value is -3.22. The third-order valence-electron chi connectivity index (χ3n) is 15.9. The number of ether oxygens (including phenoxy) is 3. The summed E-state index contributed by atoms with van der Waals surface area (Å²) in [5.41, 5.74) is -2.75. The van der Waals surface area contributed by atoms with E-state index in [1.807, 2.05) is 6.92 Å². The molecule has 1 aromatic rings. The molecular weight excluding hydrogens is 1000 g/mol. The lowest BCUT2D eigenvalue weighted by Gasteiger charge is -2.65. The van der Waals surface area contributed by atoms with E-state index in [-0.39, 0.29) is 85.2 Å². The number of hydrogen-bond donors (Lipinski definition) is 10. The van der Waals surface area contributed by atoms with Gasteiger partial charge in [0.05, 0.1) is 36.1 Å². The number of phosphoric acid groups is 3. The molecule has 25 nitrogen and oxygen atoms in total. The first kappa shape index (κ1) is 55.5. The number of aromatic amines is 1. The Balaban J connectivity index is 0.767. The van der Waals surface area contributed by atoms with E-state index in [0.29, 0.717) is 51.0 Å². The van der Waals surface area contributed by atoms with Gasteiger partial charge in [-0.3, -0.25) is 28.5 Å². The Labute approximate surface area is 408 Å². The van der Waals surface area contributed by atoms with Gasteiger partial charge in [0, 0.05) is 43.6 Å². The Morgan fingerprint density at radius 3 is 2.39 bits per heavy atom. The van der Waals surface area contributed by atoms with Crippen molar-refractivity contribution in [3.05, 3.63) is 50.3 Å². The van der Waals surface area contributed by atoms with E-state index in [1.54, 1.807) is 6.08 Å². The minimum Gasteiger partial charge on any atom is -0.458 e. The SMILES string of the molecule is C[C@]12CC[C@H](OCC(=O)NCCCCCC(=O)NC/C=C/c3cn([C@H]4C[C@H](O)[C@@H](COP(=O)(O)OP(=O)(O)OP(=O)(O)O)O4)c(=O)[nH]c3=O)C[C@H]1CC[C@@H]1[C@@H]2C[C@@H](O)[C@]2(C)[C@@H](C3=CC(=O)OC3)CC[C@]12O. The monoisotopic (exact) mass is 1070 g/mol. The minimum absolute atomic E-state index is 0.0310. The molecule has 7 rings (SSSR count). The number of aromatic nitrogens is 2. The molecule has 4 saturated carbocycles. The number of unbranched alkanes of at least 4 members (excludes halogenated alkanes) is 2. The number of amides is 2. The Kier molecular flexibility index (Phi) is 17.2. The summed E-state index contributed by atoms with van der Waals surface area (Å²) in [4.78, 5) is 101. The number of aliphatic hydroxyl groups is 3. The van der Waals surface area contributed by atoms with Gasteiger partial charge in [-0.05, 0) is 98.9 Å². The quantitative estimate of drug-likeness (QED) is 0.0478. The number of rotatable bonds is 21. The van der Waals surface area contributed by atoms with E-state index in [1.165, 1.54) is 12.2 Å². The summed E-state index contributed by atoms with van der Waals surface area (Å²) in [7, 11) is -16.9. The molecule has 0 aromatic carbocycles. The fourth-order valence-electron chi connectivity index (χ4n) is 12.3. The maximum Gasteiger partial charge on any atom is 0.490 e. The zero-order valence-corrected chi connectivity index (χ0v) is 42.1. The van der Waals surface area contributed by atoms with Gasteiger partial charge in [-0.15, -0.1) is 0 Å². The van der Waals surface area contributed by atoms with Crippen LogP contribution in [0.25, 0.3) is 6.08 Å². The highest BCUT2D eigenvalue weighted by Gasteiger charge is 2.71. The van der Waals surface area contributed by atoms with E-state index in [2.05, 4.69) is 35.7 Å². The number of aliphatic hydroxyl groups excluding tert-OH is 2. The molecule has 0 radical (unpaired) electrons. The lowest BCUT2D eigenvalue weighted by Crippen LogP contribution is -2.67. The first-order valence-electron chi connectivity index (χ1n) is 23.8. The van der Waals surface area contributed by atoms with Crippen LogP contribution in [0.1, 0.15) is 109 Å². The van der Waals surface area contributed by atoms with Gasteiger partial charge >= 0.3 is 35.1 Å². The van der Waals surface area contributed by atoms with Crippen LogP contribution >= 0.6 is 23.5 Å². The molecule has 4 aliphatic carbocycles. The third kappa shape index (κ3) is 12.7. The molecule has 3 heterocycles. The standard InChI is InChI=1S/C43H65N4O21P3/c1-41-13-11-28(18-27(41)9-10-30-31(41)19-34(49)42(2)29(12-14-43(30,42)55)26-17-38(52)64-22-26)63-24-36(51)45-15-5-3-4-8-35(50)44-16-6-7-25-21-47(40(54)46-39(25)53)37-20-32(48)33(66-37)23-65-70(59,60)68-71(61,62)67-69(56,57)58/h6-7,17,21,27-34,37,48-49,55H,3-5,8-16,18-20,22-24H2,1-2H3,(H,44,50)(H,45,51)(H,59,60)(H,61,62)(H,46,53,54)(H2,56,57,58)/b7-6+/t27-,28+,29-,30-,31+,32+,33-,34-,37-,41+,42+,43+/m1/s1. The molecule has 1 saturated heterocycles. The second kappa shape index (κ2) is 21.9. The van der Waals surface area contributed by atoms with Gasteiger partial charge in [0.15, 0.2) is 0 Å². The normalized spacial score (nSPS) is 35.4. The van der Waals surface area contributed by atoms with E-state index < -0.39 is 76.9 Å². The molecule has 398 valence electrons. The predicted octanol–water partition coefficient (Wildman–Crippen LogP) is 1.95. The average molecular weight is 1070 g/mol. The number of H-pyrrole nitrogens is 1. The fraction of sp³-hybridized carbons (Fsp3) is 0.744. The molecule has 10 N–H and O–H groups in total. The number of nitrogens with zero attached hydrogens (tertiary/aromatic N) is 1. The second-order valence-corrected chi connectivity index (χ2v) is 24.4. The lowest BCUT2D eigenvalue weighted by atomic mass is 9.42. The van der Waals surface area contributed by atoms with E-state index in [0.717, 1.165) is 48.4 Å². The molecular formula is C43H65N4O21P3. The molecule has 2 aliphatic heterocycles. The summed E-state index contributed by atoms with van der Waals surface area (Å²) in [5.74, 6) is -0.417. The highest BCUT2D eigenvalue weighted by atomic mass is 31.3. The van der Waals surface area contributed by atoms with Gasteiger partial charge in [0.2, 0.25) is 11.8 Å². The van der Waals surface area contributed by atoms with E-state index in [9.17, 15) is 62.8 Å². The van der Waals surface area contributed by atoms with Crippen molar-refractivity contribution in [2.24, 2.45) is 34.5 Å². The largest absolute Gasteiger partial charge is 0.490 e. The average Bonchev–Trinajstić information content (AvgIpc) is 3.95. The Morgan fingerprint density at radius 2 is 1.68 bits per heavy atom. The van der Waals surface area contributed by atoms with Gasteiger partial charge in [-0.2, -0.15) is 8.62 Å². The van der Waals surface area contributed by atoms with Crippen LogP contribution in [0.5, 0.6) is 0 Å².